The topological polar surface area (TPSA) is 26.3 Å². The maximum atomic E-state index is 14.0. The predicted molar refractivity (Wildman–Crippen MR) is 63.6 cm³/mol. The van der Waals surface area contributed by atoms with E-state index >= 15 is 0 Å². The number of aryl methyl sites for hydroxylation is 1. The van der Waals surface area contributed by atoms with Crippen molar-refractivity contribution < 1.29 is 18.3 Å². The minimum atomic E-state index is -1.05. The molecule has 1 aliphatic rings. The second kappa shape index (κ2) is 4.76. The molecule has 0 atom stereocenters. The molecule has 0 saturated heterocycles. The zero-order valence-electron chi connectivity index (χ0n) is 10.6. The van der Waals surface area contributed by atoms with Gasteiger partial charge in [-0.1, -0.05) is 6.07 Å². The fraction of sp³-hybridized carbons (Fsp3) is 0.500. The normalized spacial score (nSPS) is 18.0. The average Bonchev–Trinajstić information content (AvgIpc) is 2.84. The number of carbonyl (C=O) groups is 1. The molecule has 1 saturated carbocycles. The largest absolute Gasteiger partial charge is 0.370 e. The van der Waals surface area contributed by atoms with Crippen molar-refractivity contribution >= 4 is 5.78 Å². The highest BCUT2D eigenvalue weighted by Gasteiger charge is 2.43. The molecule has 1 fully saturated rings. The van der Waals surface area contributed by atoms with Gasteiger partial charge in [-0.05, 0) is 44.2 Å². The van der Waals surface area contributed by atoms with Gasteiger partial charge in [0.05, 0.1) is 5.56 Å². The van der Waals surface area contributed by atoms with Crippen molar-refractivity contribution in [3.05, 3.63) is 34.9 Å². The number of ether oxygens (including phenoxy) is 1. The van der Waals surface area contributed by atoms with E-state index in [1.54, 1.807) is 0 Å². The van der Waals surface area contributed by atoms with Crippen LogP contribution < -0.4 is 0 Å². The Labute approximate surface area is 105 Å². The fourth-order valence-corrected chi connectivity index (χ4v) is 2.56. The first-order valence-corrected chi connectivity index (χ1v) is 6.06. The first-order chi connectivity index (χ1) is 8.52. The highest BCUT2D eigenvalue weighted by molar-refractivity contribution is 6.03. The van der Waals surface area contributed by atoms with Crippen molar-refractivity contribution in [1.29, 1.82) is 0 Å². The van der Waals surface area contributed by atoms with Gasteiger partial charge in [-0.3, -0.25) is 4.79 Å². The van der Waals surface area contributed by atoms with Crippen LogP contribution in [0.25, 0.3) is 0 Å². The molecule has 98 valence electrons. The van der Waals surface area contributed by atoms with Gasteiger partial charge in [-0.15, -0.1) is 0 Å². The zero-order chi connectivity index (χ0) is 13.3. The van der Waals surface area contributed by atoms with Crippen molar-refractivity contribution in [2.45, 2.75) is 38.2 Å². The molecule has 2 nitrogen and oxygen atoms in total. The SMILES string of the molecule is COC1(C(=O)c2c(F)ccc(C)c2F)CCCC1. The van der Waals surface area contributed by atoms with Crippen LogP contribution in [0.1, 0.15) is 41.6 Å². The number of hydrogen-bond donors (Lipinski definition) is 0. The number of carbonyl (C=O) groups excluding carboxylic acids is 1. The van der Waals surface area contributed by atoms with E-state index in [0.717, 1.165) is 18.9 Å². The molecule has 0 radical (unpaired) electrons. The van der Waals surface area contributed by atoms with E-state index in [1.807, 2.05) is 0 Å². The van der Waals surface area contributed by atoms with Gasteiger partial charge in [-0.25, -0.2) is 8.78 Å². The van der Waals surface area contributed by atoms with Crippen LogP contribution >= 0.6 is 0 Å². The molecule has 1 aromatic carbocycles. The first kappa shape index (κ1) is 13.1. The van der Waals surface area contributed by atoms with E-state index in [2.05, 4.69) is 0 Å². The van der Waals surface area contributed by atoms with Crippen LogP contribution in [0.2, 0.25) is 0 Å². The molecule has 18 heavy (non-hydrogen) atoms. The Morgan fingerprint density at radius 3 is 2.44 bits per heavy atom. The van der Waals surface area contributed by atoms with Gasteiger partial charge in [0.25, 0.3) is 0 Å². The van der Waals surface area contributed by atoms with Crippen LogP contribution in [0.5, 0.6) is 0 Å². The summed E-state index contributed by atoms with van der Waals surface area (Å²) in [4.78, 5) is 12.4. The molecule has 0 amide bonds. The van der Waals surface area contributed by atoms with Crippen LogP contribution in [0.4, 0.5) is 8.78 Å². The summed E-state index contributed by atoms with van der Waals surface area (Å²) in [5.41, 5.74) is -1.24. The maximum Gasteiger partial charge on any atom is 0.200 e. The molecule has 1 aromatic rings. The molecule has 0 spiro atoms. The van der Waals surface area contributed by atoms with E-state index in [-0.39, 0.29) is 5.56 Å². The Hall–Kier alpha value is -1.29. The number of halogens is 2. The molecule has 4 heteroatoms. The standard InChI is InChI=1S/C14H16F2O2/c1-9-5-6-10(15)11(12(9)16)13(17)14(18-2)7-3-4-8-14/h5-6H,3-4,7-8H2,1-2H3. The lowest BCUT2D eigenvalue weighted by atomic mass is 9.89. The lowest BCUT2D eigenvalue weighted by molar-refractivity contribution is 0.00532. The Morgan fingerprint density at radius 2 is 1.89 bits per heavy atom. The molecule has 0 bridgehead atoms. The molecule has 0 unspecified atom stereocenters. The molecule has 0 aromatic heterocycles. The summed E-state index contributed by atoms with van der Waals surface area (Å²) in [7, 11) is 1.43. The summed E-state index contributed by atoms with van der Waals surface area (Å²) in [6, 6.07) is 2.46. The third kappa shape index (κ3) is 1.94. The summed E-state index contributed by atoms with van der Waals surface area (Å²) >= 11 is 0. The Kier molecular flexibility index (Phi) is 3.48. The summed E-state index contributed by atoms with van der Waals surface area (Å²) in [5, 5.41) is 0. The molecular formula is C14H16F2O2. The number of methoxy groups -OCH3 is 1. The monoisotopic (exact) mass is 254 g/mol. The van der Waals surface area contributed by atoms with E-state index in [9.17, 15) is 13.6 Å². The van der Waals surface area contributed by atoms with Gasteiger partial charge in [0, 0.05) is 7.11 Å². The minimum Gasteiger partial charge on any atom is -0.370 e. The Morgan fingerprint density at radius 1 is 1.28 bits per heavy atom. The van der Waals surface area contributed by atoms with E-state index in [4.69, 9.17) is 4.74 Å². The molecule has 1 aliphatic carbocycles. The van der Waals surface area contributed by atoms with Crippen LogP contribution in [-0.2, 0) is 4.74 Å². The van der Waals surface area contributed by atoms with Gasteiger partial charge in [0.2, 0.25) is 5.78 Å². The average molecular weight is 254 g/mol. The summed E-state index contributed by atoms with van der Waals surface area (Å²) < 4.78 is 33.0. The second-order valence-electron chi connectivity index (χ2n) is 4.79. The van der Waals surface area contributed by atoms with Crippen LogP contribution in [0, 0.1) is 18.6 Å². The van der Waals surface area contributed by atoms with Gasteiger partial charge >= 0.3 is 0 Å². The number of benzene rings is 1. The second-order valence-corrected chi connectivity index (χ2v) is 4.79. The lowest BCUT2D eigenvalue weighted by Crippen LogP contribution is -2.39. The lowest BCUT2D eigenvalue weighted by Gasteiger charge is -2.26. The fourth-order valence-electron chi connectivity index (χ4n) is 2.56. The number of hydrogen-bond acceptors (Lipinski definition) is 2. The van der Waals surface area contributed by atoms with Crippen molar-refractivity contribution in [3.63, 3.8) is 0 Å². The molecule has 0 aliphatic heterocycles. The zero-order valence-corrected chi connectivity index (χ0v) is 10.6. The van der Waals surface area contributed by atoms with Crippen LogP contribution in [0.3, 0.4) is 0 Å². The summed E-state index contributed by atoms with van der Waals surface area (Å²) in [6.07, 6.45) is 2.73. The van der Waals surface area contributed by atoms with E-state index < -0.39 is 28.6 Å². The number of rotatable bonds is 3. The van der Waals surface area contributed by atoms with Gasteiger partial charge in [0.1, 0.15) is 17.2 Å². The quantitative estimate of drug-likeness (QED) is 0.773. The van der Waals surface area contributed by atoms with E-state index in [0.29, 0.717) is 12.8 Å². The van der Waals surface area contributed by atoms with E-state index in [1.165, 1.54) is 20.1 Å². The molecule has 2 rings (SSSR count). The third-order valence-electron chi connectivity index (χ3n) is 3.73. The van der Waals surface area contributed by atoms with Crippen molar-refractivity contribution in [2.75, 3.05) is 7.11 Å². The minimum absolute atomic E-state index is 0.268. The smallest absolute Gasteiger partial charge is 0.200 e. The first-order valence-electron chi connectivity index (χ1n) is 6.06. The maximum absolute atomic E-state index is 14.0. The summed E-state index contributed by atoms with van der Waals surface area (Å²) in [5.74, 6) is -2.16. The Balaban J connectivity index is 2.49. The van der Waals surface area contributed by atoms with Gasteiger partial charge in [0.15, 0.2) is 0 Å². The van der Waals surface area contributed by atoms with Crippen molar-refractivity contribution in [1.82, 2.24) is 0 Å². The third-order valence-corrected chi connectivity index (χ3v) is 3.73. The number of ketones is 1. The molecule has 0 N–H and O–H groups in total. The van der Waals surface area contributed by atoms with Crippen molar-refractivity contribution in [3.8, 4) is 0 Å². The highest BCUT2D eigenvalue weighted by Crippen LogP contribution is 2.37. The summed E-state index contributed by atoms with van der Waals surface area (Å²) in [6.45, 7) is 1.51. The van der Waals surface area contributed by atoms with Crippen LogP contribution in [-0.4, -0.2) is 18.5 Å². The molecular weight excluding hydrogens is 238 g/mol. The van der Waals surface area contributed by atoms with Gasteiger partial charge in [-0.2, -0.15) is 0 Å². The number of Topliss-reactive ketones (excluding diaryl/α,β-unsaturated/α-hetero) is 1. The highest BCUT2D eigenvalue weighted by atomic mass is 19.1. The van der Waals surface area contributed by atoms with Gasteiger partial charge < -0.3 is 4.74 Å². The van der Waals surface area contributed by atoms with Crippen molar-refractivity contribution in [2.24, 2.45) is 0 Å². The predicted octanol–water partition coefficient (Wildman–Crippen LogP) is 3.42. The Bertz CT molecular complexity index is 477. The van der Waals surface area contributed by atoms with Crippen LogP contribution in [0.15, 0.2) is 12.1 Å². The molecule has 0 heterocycles.